The van der Waals surface area contributed by atoms with Crippen molar-refractivity contribution >= 4 is 75.7 Å². The van der Waals surface area contributed by atoms with Gasteiger partial charge in [0.05, 0.1) is 112 Å². The number of nitrogens with zero attached hydrogens (tertiary/aromatic N) is 15. The molecule has 39 heteroatoms. The Bertz CT molecular complexity index is 4660. The van der Waals surface area contributed by atoms with Crippen LogP contribution in [-0.4, -0.2) is 169 Å². The topological polar surface area (TPSA) is 247 Å². The van der Waals surface area contributed by atoms with E-state index in [1.807, 2.05) is 10.6 Å². The molecule has 522 valence electrons. The second-order valence-electron chi connectivity index (χ2n) is 22.7. The Morgan fingerprint density at radius 1 is 0.460 bits per heavy atom. The van der Waals surface area contributed by atoms with Gasteiger partial charge in [-0.3, -0.25) is 29.3 Å². The Labute approximate surface area is 581 Å². The number of rotatable bonds is 9. The van der Waals surface area contributed by atoms with Crippen molar-refractivity contribution in [3.05, 3.63) is 174 Å². The molecule has 3 amide bonds. The number of morpholine rings is 3. The van der Waals surface area contributed by atoms with Crippen molar-refractivity contribution < 1.29 is 86.7 Å². The zero-order valence-electron chi connectivity index (χ0n) is 50.7. The van der Waals surface area contributed by atoms with E-state index in [4.69, 9.17) is 77.0 Å². The average molecular weight is 1500 g/mol. The van der Waals surface area contributed by atoms with Gasteiger partial charge in [-0.15, -0.1) is 56.9 Å². The van der Waals surface area contributed by atoms with Gasteiger partial charge in [0.1, 0.15) is 58.3 Å². The highest BCUT2D eigenvalue weighted by Crippen LogP contribution is 2.44. The first kappa shape index (κ1) is 69.4. The number of alkyl halides is 9. The Balaban J connectivity index is 0.000000135. The lowest BCUT2D eigenvalue weighted by Crippen LogP contribution is -2.56. The maximum absolute atomic E-state index is 13.7. The number of fused-ring (bicyclic) bond motifs is 12. The van der Waals surface area contributed by atoms with Gasteiger partial charge in [-0.25, -0.2) is 4.39 Å². The van der Waals surface area contributed by atoms with Gasteiger partial charge < -0.3 is 56.8 Å². The van der Waals surface area contributed by atoms with Crippen molar-refractivity contribution in [2.24, 2.45) is 0 Å². The van der Waals surface area contributed by atoms with E-state index in [-0.39, 0.29) is 113 Å². The van der Waals surface area contributed by atoms with Crippen LogP contribution in [0.1, 0.15) is 72.2 Å². The molecular weight excluding hydrogens is 1450 g/mol. The van der Waals surface area contributed by atoms with Crippen molar-refractivity contribution in [1.82, 2.24) is 73.9 Å². The first-order chi connectivity index (χ1) is 47.7. The number of methoxy groups -OCH3 is 1. The first-order valence-electron chi connectivity index (χ1n) is 29.5. The van der Waals surface area contributed by atoms with Crippen LogP contribution >= 0.6 is 58.0 Å². The molecule has 0 saturated carbocycles. The van der Waals surface area contributed by atoms with Crippen LogP contribution in [0.4, 0.5) is 43.9 Å². The van der Waals surface area contributed by atoms with Gasteiger partial charge >= 0.3 is 18.9 Å². The second kappa shape index (κ2) is 27.5. The minimum absolute atomic E-state index is 0.0248. The standard InChI is InChI=1S/C21H14ClF6N5O3.C20H13Cl2F4N5O3.C20H17Cl2N5O3/c22-16-12(2-1-3-13(16)20(23,24)25)19(34)33-10-7-32-17(30-31-18(32)15(33)9-35-8-10)14-6-11(4-5-29-14)36-21(26,27)28;21-15-11(1-2-12(23)16(15)22)19(32)31-9-6-30-17(28-29-18(30)14(31)8-33-7-9)13-5-10(3-4-27-13)34-20(24,25)26;1-29-12-5-6-23-15(7-12)18-24-25-19-16-10-30-9-11(8-26(18)19)27(16)20(28)13-3-2-4-14(21)17(13)22/h1-6,10,15H,7-9H2;1-5,9,14H,6-8H2;2-7,11,16H,8-10H2,1H3/t10-,15-;9-,14-;11-,16-/m111/s1. The first-order valence-corrected chi connectivity index (χ1v) is 31.4. The van der Waals surface area contributed by atoms with Gasteiger partial charge in [-0.2, -0.15) is 13.2 Å². The highest BCUT2D eigenvalue weighted by molar-refractivity contribution is 6.44. The molecule has 6 atom stereocenters. The fraction of sp³-hybridized carbons (Fsp3) is 0.311. The summed E-state index contributed by atoms with van der Waals surface area (Å²) in [4.78, 5) is 57.4. The van der Waals surface area contributed by atoms with Crippen LogP contribution in [0.25, 0.3) is 34.6 Å². The number of hydrogen-bond donors (Lipinski definition) is 0. The average Bonchev–Trinajstić information content (AvgIpc) is 1.50. The van der Waals surface area contributed by atoms with Crippen LogP contribution < -0.4 is 14.2 Å². The van der Waals surface area contributed by atoms with E-state index in [0.717, 1.165) is 48.7 Å². The van der Waals surface area contributed by atoms with E-state index in [9.17, 15) is 58.3 Å². The van der Waals surface area contributed by atoms with Crippen molar-refractivity contribution in [2.75, 3.05) is 46.8 Å². The fourth-order valence-corrected chi connectivity index (χ4v) is 13.5. The molecule has 3 aromatic carbocycles. The molecule has 0 spiro atoms. The highest BCUT2D eigenvalue weighted by Gasteiger charge is 2.49. The summed E-state index contributed by atoms with van der Waals surface area (Å²) in [5.41, 5.74) is -0.241. The number of pyridine rings is 3. The molecule has 9 aromatic rings. The number of hydrogen-bond acceptors (Lipinski definition) is 18. The summed E-state index contributed by atoms with van der Waals surface area (Å²) in [5, 5.41) is 24.4. The quantitative estimate of drug-likeness (QED) is 0.0962. The number of ether oxygens (including phenoxy) is 6. The van der Waals surface area contributed by atoms with Gasteiger partial charge in [0.15, 0.2) is 34.9 Å². The van der Waals surface area contributed by atoms with Crippen LogP contribution in [0.2, 0.25) is 25.1 Å². The largest absolute Gasteiger partial charge is 0.573 e. The van der Waals surface area contributed by atoms with E-state index in [1.165, 1.54) is 28.1 Å². The van der Waals surface area contributed by atoms with Crippen LogP contribution in [0.5, 0.6) is 17.2 Å². The molecule has 6 aliphatic rings. The van der Waals surface area contributed by atoms with Crippen LogP contribution in [0.3, 0.4) is 0 Å². The summed E-state index contributed by atoms with van der Waals surface area (Å²) < 4.78 is 165. The molecule has 0 radical (unpaired) electrons. The molecule has 12 heterocycles. The van der Waals surface area contributed by atoms with Crippen LogP contribution in [0.15, 0.2) is 104 Å². The summed E-state index contributed by atoms with van der Waals surface area (Å²) in [6, 6.07) is 15.1. The molecular formula is C61H44Cl5F10N15O9. The number of halogens is 15. The van der Waals surface area contributed by atoms with E-state index in [0.29, 0.717) is 59.3 Å². The molecule has 3 fully saturated rings. The highest BCUT2D eigenvalue weighted by atomic mass is 35.5. The Morgan fingerprint density at radius 2 is 0.840 bits per heavy atom. The molecule has 100 heavy (non-hydrogen) atoms. The van der Waals surface area contributed by atoms with Gasteiger partial charge in [0.25, 0.3) is 17.7 Å². The van der Waals surface area contributed by atoms with Gasteiger partial charge in [-0.05, 0) is 54.6 Å². The second-order valence-corrected chi connectivity index (χ2v) is 24.6. The molecule has 3 saturated heterocycles. The fourth-order valence-electron chi connectivity index (χ4n) is 12.4. The van der Waals surface area contributed by atoms with Crippen molar-refractivity contribution in [2.45, 2.75) is 74.8 Å². The lowest BCUT2D eigenvalue weighted by Gasteiger charge is -2.45. The molecule has 0 aliphatic carbocycles. The van der Waals surface area contributed by atoms with Crippen LogP contribution in [0, 0.1) is 5.82 Å². The van der Waals surface area contributed by atoms with Crippen molar-refractivity contribution in [1.29, 1.82) is 0 Å². The summed E-state index contributed by atoms with van der Waals surface area (Å²) >= 11 is 30.4. The van der Waals surface area contributed by atoms with Crippen LogP contribution in [-0.2, 0) is 40.0 Å². The molecule has 0 unspecified atom stereocenters. The van der Waals surface area contributed by atoms with Crippen molar-refractivity contribution in [3.8, 4) is 51.8 Å². The molecule has 0 N–H and O–H groups in total. The monoisotopic (exact) mass is 1500 g/mol. The van der Waals surface area contributed by atoms with Gasteiger partial charge in [0.2, 0.25) is 0 Å². The number of carbonyl (C=O) groups excluding carboxylic acids is 3. The molecule has 24 nitrogen and oxygen atoms in total. The summed E-state index contributed by atoms with van der Waals surface area (Å²) in [7, 11) is 1.60. The number of amides is 3. The molecule has 15 rings (SSSR count). The Hall–Kier alpha value is -9.03. The zero-order valence-corrected chi connectivity index (χ0v) is 54.5. The number of carbonyl (C=O) groups is 3. The maximum Gasteiger partial charge on any atom is 0.573 e. The van der Waals surface area contributed by atoms with E-state index >= 15 is 0 Å². The van der Waals surface area contributed by atoms with Gasteiger partial charge in [-0.1, -0.05) is 70.1 Å². The lowest BCUT2D eigenvalue weighted by atomic mass is 10.0. The minimum atomic E-state index is -4.90. The Morgan fingerprint density at radius 3 is 1.24 bits per heavy atom. The van der Waals surface area contributed by atoms with Gasteiger partial charge in [0, 0.05) is 56.4 Å². The number of aromatic nitrogens is 12. The molecule has 6 aromatic heterocycles. The summed E-state index contributed by atoms with van der Waals surface area (Å²) in [6.07, 6.45) is -10.6. The maximum atomic E-state index is 13.7. The van der Waals surface area contributed by atoms with E-state index in [2.05, 4.69) is 55.0 Å². The summed E-state index contributed by atoms with van der Waals surface area (Å²) in [6.45, 7) is 1.75. The number of benzene rings is 3. The van der Waals surface area contributed by atoms with E-state index in [1.54, 1.807) is 51.6 Å². The zero-order chi connectivity index (χ0) is 70.9. The predicted octanol–water partition coefficient (Wildman–Crippen LogP) is 12.0. The third-order valence-electron chi connectivity index (χ3n) is 16.6. The smallest absolute Gasteiger partial charge is 0.497 e. The Kier molecular flexibility index (Phi) is 19.1. The third-order valence-corrected chi connectivity index (χ3v) is 18.7. The molecule has 6 bridgehead atoms. The molecule has 6 aliphatic heterocycles. The normalized spacial score (nSPS) is 19.8. The third kappa shape index (κ3) is 13.6. The summed E-state index contributed by atoms with van der Waals surface area (Å²) in [5.74, 6) is -0.209. The SMILES string of the molecule is COc1ccnc(-c2nnc3n2C[C@@H]2COC[C@H]3N2C(=O)c2cccc(Cl)c2Cl)c1.O=C(c1ccc(F)c(Cl)c1Cl)N1[C@H]2COC[C@@H]1c1nnc(-c3cc(OC(F)(F)F)ccn3)n1C2.O=C(c1cccc(C(F)(F)F)c1Cl)N1[C@H]2COC[C@@H]1c1nnc(-c3cc(OC(F)(F)F)ccn3)n1C2. The predicted molar refractivity (Wildman–Crippen MR) is 330 cm³/mol. The lowest BCUT2D eigenvalue weighted by molar-refractivity contribution is -0.275. The minimum Gasteiger partial charge on any atom is -0.497 e. The van der Waals surface area contributed by atoms with E-state index < -0.39 is 82.8 Å². The van der Waals surface area contributed by atoms with Crippen molar-refractivity contribution in [3.63, 3.8) is 0 Å².